The number of nitrogens with zero attached hydrogens (tertiary/aromatic N) is 1. The van der Waals surface area contributed by atoms with Gasteiger partial charge in [-0.2, -0.15) is 5.26 Å². The van der Waals surface area contributed by atoms with E-state index in [-0.39, 0.29) is 5.78 Å². The molecule has 0 radical (unpaired) electrons. The van der Waals surface area contributed by atoms with Gasteiger partial charge in [0.05, 0.1) is 19.1 Å². The van der Waals surface area contributed by atoms with Crippen LogP contribution in [0.1, 0.15) is 12.8 Å². The molecule has 1 aliphatic rings. The Morgan fingerprint density at radius 2 is 2.42 bits per heavy atom. The number of ketones is 1. The number of methoxy groups -OCH3 is 1. The molecule has 1 rings (SSSR count). The fraction of sp³-hybridized carbons (Fsp3) is 0.625. The minimum Gasteiger partial charge on any atom is -0.468 e. The zero-order valence-electron chi connectivity index (χ0n) is 6.74. The van der Waals surface area contributed by atoms with Crippen LogP contribution in [0.4, 0.5) is 0 Å². The maximum atomic E-state index is 11.1. The van der Waals surface area contributed by atoms with Gasteiger partial charge in [0.15, 0.2) is 0 Å². The Labute approximate surface area is 70.1 Å². The molecular weight excluding hydrogens is 158 g/mol. The Morgan fingerprint density at radius 3 is 2.92 bits per heavy atom. The number of nitriles is 1. The molecule has 0 aliphatic heterocycles. The smallest absolute Gasteiger partial charge is 0.317 e. The fourth-order valence-corrected chi connectivity index (χ4v) is 1.41. The van der Waals surface area contributed by atoms with Crippen LogP contribution in [0.15, 0.2) is 0 Å². The number of carbonyl (C=O) groups excluding carboxylic acids is 2. The number of rotatable bonds is 1. The molecule has 0 amide bonds. The van der Waals surface area contributed by atoms with Gasteiger partial charge >= 0.3 is 5.97 Å². The predicted octanol–water partition coefficient (Wildman–Crippen LogP) is 0.278. The van der Waals surface area contributed by atoms with Crippen LogP contribution in [-0.2, 0) is 14.3 Å². The van der Waals surface area contributed by atoms with E-state index in [0.29, 0.717) is 12.8 Å². The van der Waals surface area contributed by atoms with Gasteiger partial charge in [0.25, 0.3) is 0 Å². The highest BCUT2D eigenvalue weighted by Gasteiger charge is 2.40. The van der Waals surface area contributed by atoms with E-state index in [9.17, 15) is 9.59 Å². The second kappa shape index (κ2) is 3.35. The number of Topliss-reactive ketones (excluding diaryl/α,β-unsaturated/α-hetero) is 1. The minimum absolute atomic E-state index is 0.173. The van der Waals surface area contributed by atoms with Crippen molar-refractivity contribution in [2.45, 2.75) is 12.8 Å². The summed E-state index contributed by atoms with van der Waals surface area (Å²) >= 11 is 0. The molecule has 1 aliphatic carbocycles. The lowest BCUT2D eigenvalue weighted by Gasteiger charge is -2.07. The van der Waals surface area contributed by atoms with E-state index in [0.717, 1.165) is 0 Å². The van der Waals surface area contributed by atoms with Gasteiger partial charge in [-0.3, -0.25) is 9.59 Å². The van der Waals surface area contributed by atoms with E-state index in [4.69, 9.17) is 5.26 Å². The summed E-state index contributed by atoms with van der Waals surface area (Å²) in [4.78, 5) is 22.1. The summed E-state index contributed by atoms with van der Waals surface area (Å²) in [5.41, 5.74) is 0. The van der Waals surface area contributed by atoms with E-state index in [2.05, 4.69) is 4.74 Å². The van der Waals surface area contributed by atoms with Gasteiger partial charge in [0.1, 0.15) is 11.7 Å². The van der Waals surface area contributed by atoms with Crippen molar-refractivity contribution in [3.63, 3.8) is 0 Å². The lowest BCUT2D eigenvalue weighted by Crippen LogP contribution is -2.25. The lowest BCUT2D eigenvalue weighted by molar-refractivity contribution is -0.149. The van der Waals surface area contributed by atoms with Crippen molar-refractivity contribution < 1.29 is 14.3 Å². The van der Waals surface area contributed by atoms with E-state index in [1.807, 2.05) is 6.07 Å². The number of hydrogen-bond donors (Lipinski definition) is 0. The normalized spacial score (nSPS) is 28.2. The van der Waals surface area contributed by atoms with Crippen LogP contribution in [0, 0.1) is 23.2 Å². The van der Waals surface area contributed by atoms with Gasteiger partial charge in [-0.1, -0.05) is 0 Å². The number of ether oxygens (including phenoxy) is 1. The molecule has 2 atom stereocenters. The number of esters is 1. The molecule has 4 heteroatoms. The van der Waals surface area contributed by atoms with Gasteiger partial charge in [0, 0.05) is 6.42 Å². The van der Waals surface area contributed by atoms with Crippen LogP contribution in [0.25, 0.3) is 0 Å². The van der Waals surface area contributed by atoms with Crippen LogP contribution in [0.2, 0.25) is 0 Å². The highest BCUT2D eigenvalue weighted by Crippen LogP contribution is 2.28. The summed E-state index contributed by atoms with van der Waals surface area (Å²) in [6.07, 6.45) is 0.799. The Morgan fingerprint density at radius 1 is 1.75 bits per heavy atom. The molecule has 0 unspecified atom stereocenters. The van der Waals surface area contributed by atoms with Gasteiger partial charge in [-0.05, 0) is 6.42 Å². The molecule has 0 aromatic carbocycles. The largest absolute Gasteiger partial charge is 0.468 e. The second-order valence-electron chi connectivity index (χ2n) is 2.74. The molecule has 64 valence electrons. The van der Waals surface area contributed by atoms with Crippen molar-refractivity contribution in [3.8, 4) is 6.07 Å². The summed E-state index contributed by atoms with van der Waals surface area (Å²) in [6.45, 7) is 0. The summed E-state index contributed by atoms with van der Waals surface area (Å²) in [6, 6.07) is 1.94. The third-order valence-electron chi connectivity index (χ3n) is 2.07. The highest BCUT2D eigenvalue weighted by molar-refractivity contribution is 6.01. The van der Waals surface area contributed by atoms with Crippen LogP contribution >= 0.6 is 0 Å². The lowest BCUT2D eigenvalue weighted by atomic mass is 9.97. The monoisotopic (exact) mass is 167 g/mol. The molecule has 0 spiro atoms. The molecule has 0 bridgehead atoms. The molecule has 1 saturated carbocycles. The standard InChI is InChI=1S/C8H9NO3/c1-12-8(11)7-5(4-9)2-3-6(7)10/h5,7H,2-3H2,1H3/t5-,7-/m0/s1. The zero-order chi connectivity index (χ0) is 9.14. The van der Waals surface area contributed by atoms with Crippen molar-refractivity contribution in [1.29, 1.82) is 5.26 Å². The maximum Gasteiger partial charge on any atom is 0.317 e. The van der Waals surface area contributed by atoms with Gasteiger partial charge in [0.2, 0.25) is 0 Å². The summed E-state index contributed by atoms with van der Waals surface area (Å²) in [5, 5.41) is 8.59. The first-order valence-electron chi connectivity index (χ1n) is 3.71. The predicted molar refractivity (Wildman–Crippen MR) is 38.9 cm³/mol. The Balaban J connectivity index is 2.78. The van der Waals surface area contributed by atoms with Crippen LogP contribution in [0.5, 0.6) is 0 Å². The first-order chi connectivity index (χ1) is 5.70. The molecule has 0 N–H and O–H groups in total. The van der Waals surface area contributed by atoms with E-state index < -0.39 is 17.8 Å². The van der Waals surface area contributed by atoms with Crippen LogP contribution < -0.4 is 0 Å². The highest BCUT2D eigenvalue weighted by atomic mass is 16.5. The quantitative estimate of drug-likeness (QED) is 0.415. The Bertz CT molecular complexity index is 254. The molecule has 0 aromatic rings. The molecule has 0 aromatic heterocycles. The Kier molecular flexibility index (Phi) is 2.44. The third kappa shape index (κ3) is 1.30. The zero-order valence-corrected chi connectivity index (χ0v) is 6.74. The molecular formula is C8H9NO3. The first kappa shape index (κ1) is 8.72. The fourth-order valence-electron chi connectivity index (χ4n) is 1.41. The van der Waals surface area contributed by atoms with E-state index in [1.54, 1.807) is 0 Å². The van der Waals surface area contributed by atoms with Crippen molar-refractivity contribution in [3.05, 3.63) is 0 Å². The summed E-state index contributed by atoms with van der Waals surface area (Å²) < 4.78 is 4.43. The van der Waals surface area contributed by atoms with Crippen molar-refractivity contribution in [2.75, 3.05) is 7.11 Å². The van der Waals surface area contributed by atoms with E-state index in [1.165, 1.54) is 7.11 Å². The van der Waals surface area contributed by atoms with Crippen LogP contribution in [0.3, 0.4) is 0 Å². The number of carbonyl (C=O) groups is 2. The van der Waals surface area contributed by atoms with Crippen LogP contribution in [-0.4, -0.2) is 18.9 Å². The Hall–Kier alpha value is -1.37. The first-order valence-corrected chi connectivity index (χ1v) is 3.71. The molecule has 0 saturated heterocycles. The SMILES string of the molecule is COC(=O)[C@@H]1C(=O)CC[C@H]1C#N. The summed E-state index contributed by atoms with van der Waals surface area (Å²) in [7, 11) is 1.22. The molecule has 0 heterocycles. The third-order valence-corrected chi connectivity index (χ3v) is 2.07. The molecule has 1 fully saturated rings. The average molecular weight is 167 g/mol. The van der Waals surface area contributed by atoms with Crippen molar-refractivity contribution in [1.82, 2.24) is 0 Å². The summed E-state index contributed by atoms with van der Waals surface area (Å²) in [5.74, 6) is -2.07. The maximum absolute atomic E-state index is 11.1. The topological polar surface area (TPSA) is 67.2 Å². The second-order valence-corrected chi connectivity index (χ2v) is 2.74. The molecule has 4 nitrogen and oxygen atoms in total. The van der Waals surface area contributed by atoms with Gasteiger partial charge in [-0.15, -0.1) is 0 Å². The molecule has 12 heavy (non-hydrogen) atoms. The van der Waals surface area contributed by atoms with Gasteiger partial charge < -0.3 is 4.74 Å². The van der Waals surface area contributed by atoms with Gasteiger partial charge in [-0.25, -0.2) is 0 Å². The van der Waals surface area contributed by atoms with Crippen molar-refractivity contribution >= 4 is 11.8 Å². The minimum atomic E-state index is -0.833. The number of hydrogen-bond acceptors (Lipinski definition) is 4. The average Bonchev–Trinajstić information content (AvgIpc) is 2.45. The van der Waals surface area contributed by atoms with Crippen molar-refractivity contribution in [2.24, 2.45) is 11.8 Å². The van der Waals surface area contributed by atoms with E-state index >= 15 is 0 Å².